The fourth-order valence-corrected chi connectivity index (χ4v) is 5.39. The lowest BCUT2D eigenvalue weighted by Crippen LogP contribution is -2.62. The van der Waals surface area contributed by atoms with E-state index in [4.69, 9.17) is 4.74 Å². The first-order chi connectivity index (χ1) is 17.2. The van der Waals surface area contributed by atoms with Crippen molar-refractivity contribution in [2.24, 2.45) is 0 Å². The number of esters is 1. The minimum absolute atomic E-state index is 0.0612. The van der Waals surface area contributed by atoms with Gasteiger partial charge in [-0.25, -0.2) is 13.2 Å². The molecule has 1 aliphatic heterocycles. The predicted molar refractivity (Wildman–Crippen MR) is 131 cm³/mol. The quantitative estimate of drug-likeness (QED) is 0.440. The number of para-hydroxylation sites is 1. The number of sulfonamides is 1. The van der Waals surface area contributed by atoms with Crippen LogP contribution < -0.4 is 5.32 Å². The van der Waals surface area contributed by atoms with Gasteiger partial charge in [-0.1, -0.05) is 18.2 Å². The number of piperazine rings is 1. The molecule has 0 spiro atoms. The van der Waals surface area contributed by atoms with E-state index in [2.05, 4.69) is 15.3 Å². The molecule has 0 radical (unpaired) electrons. The van der Waals surface area contributed by atoms with Crippen molar-refractivity contribution < 1.29 is 27.5 Å². The van der Waals surface area contributed by atoms with Crippen molar-refractivity contribution in [3.05, 3.63) is 66.1 Å². The summed E-state index contributed by atoms with van der Waals surface area (Å²) >= 11 is 0. The van der Waals surface area contributed by atoms with Gasteiger partial charge in [0.05, 0.1) is 18.9 Å². The molecule has 0 unspecified atom stereocenters. The summed E-state index contributed by atoms with van der Waals surface area (Å²) in [4.78, 5) is 47.4. The van der Waals surface area contributed by atoms with E-state index in [-0.39, 0.29) is 32.0 Å². The van der Waals surface area contributed by atoms with E-state index in [1.807, 2.05) is 24.3 Å². The van der Waals surface area contributed by atoms with Crippen LogP contribution in [-0.2, 0) is 30.8 Å². The summed E-state index contributed by atoms with van der Waals surface area (Å²) in [6.45, 7) is -0.123. The largest absolute Gasteiger partial charge is 0.467 e. The Labute approximate surface area is 208 Å². The molecular weight excluding hydrogens is 486 g/mol. The molecule has 2 N–H and O–H groups in total. The second-order valence-corrected chi connectivity index (χ2v) is 10.5. The van der Waals surface area contributed by atoms with Gasteiger partial charge in [0.25, 0.3) is 5.91 Å². The summed E-state index contributed by atoms with van der Waals surface area (Å²) in [5.41, 5.74) is 2.00. The molecular formula is C24H27N5O6S. The van der Waals surface area contributed by atoms with Crippen molar-refractivity contribution in [1.82, 2.24) is 24.5 Å². The SMILES string of the molecule is COC(=O)[C@@H](Cc1c[nH]c2ccccc12)NC(=O)[C@H]1CN(C(=O)c2cccnc2)CCN1S(C)(=O)=O. The van der Waals surface area contributed by atoms with Crippen LogP contribution in [0.2, 0.25) is 0 Å². The zero-order chi connectivity index (χ0) is 25.9. The van der Waals surface area contributed by atoms with E-state index >= 15 is 0 Å². The van der Waals surface area contributed by atoms with Crippen LogP contribution in [0.15, 0.2) is 55.0 Å². The Bertz CT molecular complexity index is 1370. The molecule has 11 nitrogen and oxygen atoms in total. The van der Waals surface area contributed by atoms with Crippen LogP contribution in [0.4, 0.5) is 0 Å². The maximum Gasteiger partial charge on any atom is 0.328 e. The lowest BCUT2D eigenvalue weighted by Gasteiger charge is -2.39. The Hall–Kier alpha value is -3.77. The first-order valence-corrected chi connectivity index (χ1v) is 13.1. The highest BCUT2D eigenvalue weighted by Crippen LogP contribution is 2.21. The van der Waals surface area contributed by atoms with Gasteiger partial charge in [0.1, 0.15) is 12.1 Å². The van der Waals surface area contributed by atoms with Crippen molar-refractivity contribution >= 4 is 38.7 Å². The molecule has 12 heteroatoms. The number of pyridine rings is 1. The van der Waals surface area contributed by atoms with Gasteiger partial charge in [0.15, 0.2) is 0 Å². The third-order valence-electron chi connectivity index (χ3n) is 6.16. The van der Waals surface area contributed by atoms with Crippen LogP contribution in [-0.4, -0.2) is 90.5 Å². The van der Waals surface area contributed by atoms with E-state index in [1.165, 1.54) is 24.4 Å². The first-order valence-electron chi connectivity index (χ1n) is 11.3. The number of hydrogen-bond acceptors (Lipinski definition) is 7. The molecule has 3 aromatic rings. The number of aromatic nitrogens is 2. The molecule has 190 valence electrons. The maximum atomic E-state index is 13.4. The van der Waals surface area contributed by atoms with Crippen LogP contribution in [0.5, 0.6) is 0 Å². The fraction of sp³-hybridized carbons (Fsp3) is 0.333. The summed E-state index contributed by atoms with van der Waals surface area (Å²) in [5, 5.41) is 3.55. The number of aromatic amines is 1. The summed E-state index contributed by atoms with van der Waals surface area (Å²) in [6, 6.07) is 8.47. The highest BCUT2D eigenvalue weighted by atomic mass is 32.2. The van der Waals surface area contributed by atoms with Crippen molar-refractivity contribution in [1.29, 1.82) is 0 Å². The fourth-order valence-electron chi connectivity index (χ4n) is 4.36. The van der Waals surface area contributed by atoms with Crippen molar-refractivity contribution in [3.8, 4) is 0 Å². The third kappa shape index (κ3) is 5.39. The molecule has 4 rings (SSSR count). The molecule has 2 amide bonds. The molecule has 1 saturated heterocycles. The van der Waals surface area contributed by atoms with E-state index in [1.54, 1.807) is 18.3 Å². The molecule has 3 heterocycles. The Balaban J connectivity index is 1.57. The van der Waals surface area contributed by atoms with Gasteiger partial charge < -0.3 is 19.9 Å². The van der Waals surface area contributed by atoms with Gasteiger partial charge >= 0.3 is 5.97 Å². The highest BCUT2D eigenvalue weighted by molar-refractivity contribution is 7.88. The topological polar surface area (TPSA) is 142 Å². The van der Waals surface area contributed by atoms with Crippen LogP contribution >= 0.6 is 0 Å². The third-order valence-corrected chi connectivity index (χ3v) is 7.45. The second kappa shape index (κ2) is 10.5. The Morgan fingerprint density at radius 3 is 2.67 bits per heavy atom. The van der Waals surface area contributed by atoms with Gasteiger partial charge in [-0.15, -0.1) is 0 Å². The zero-order valence-electron chi connectivity index (χ0n) is 19.9. The van der Waals surface area contributed by atoms with Gasteiger partial charge in [0, 0.05) is 55.5 Å². The Kier molecular flexibility index (Phi) is 7.36. The van der Waals surface area contributed by atoms with Crippen molar-refractivity contribution in [2.75, 3.05) is 33.0 Å². The first kappa shape index (κ1) is 25.3. The van der Waals surface area contributed by atoms with E-state index in [0.717, 1.165) is 27.0 Å². The maximum absolute atomic E-state index is 13.4. The van der Waals surface area contributed by atoms with E-state index in [9.17, 15) is 22.8 Å². The highest BCUT2D eigenvalue weighted by Gasteiger charge is 2.40. The number of methoxy groups -OCH3 is 1. The van der Waals surface area contributed by atoms with E-state index < -0.39 is 34.0 Å². The van der Waals surface area contributed by atoms with Gasteiger partial charge in [-0.05, 0) is 23.8 Å². The number of rotatable bonds is 7. The Morgan fingerprint density at radius 1 is 1.19 bits per heavy atom. The molecule has 0 saturated carbocycles. The molecule has 36 heavy (non-hydrogen) atoms. The number of hydrogen-bond donors (Lipinski definition) is 2. The second-order valence-electron chi connectivity index (χ2n) is 8.53. The number of ether oxygens (including phenoxy) is 1. The predicted octanol–water partition coefficient (Wildman–Crippen LogP) is 0.549. The Morgan fingerprint density at radius 2 is 1.97 bits per heavy atom. The number of nitrogens with zero attached hydrogens (tertiary/aromatic N) is 3. The molecule has 2 aromatic heterocycles. The van der Waals surface area contributed by atoms with Gasteiger partial charge in [0.2, 0.25) is 15.9 Å². The minimum Gasteiger partial charge on any atom is -0.467 e. The number of fused-ring (bicyclic) bond motifs is 1. The summed E-state index contributed by atoms with van der Waals surface area (Å²) in [7, 11) is -2.56. The summed E-state index contributed by atoms with van der Waals surface area (Å²) in [6.07, 6.45) is 5.84. The molecule has 1 aromatic carbocycles. The average Bonchev–Trinajstić information content (AvgIpc) is 3.29. The molecule has 0 aliphatic carbocycles. The number of nitrogens with one attached hydrogen (secondary N) is 2. The minimum atomic E-state index is -3.77. The van der Waals surface area contributed by atoms with Crippen LogP contribution in [0.1, 0.15) is 15.9 Å². The van der Waals surface area contributed by atoms with Crippen LogP contribution in [0, 0.1) is 0 Å². The molecule has 0 bridgehead atoms. The average molecular weight is 514 g/mol. The lowest BCUT2D eigenvalue weighted by molar-refractivity contribution is -0.145. The van der Waals surface area contributed by atoms with Crippen molar-refractivity contribution in [3.63, 3.8) is 0 Å². The van der Waals surface area contributed by atoms with E-state index in [0.29, 0.717) is 5.56 Å². The number of carbonyl (C=O) groups excluding carboxylic acids is 3. The van der Waals surface area contributed by atoms with Gasteiger partial charge in [-0.3, -0.25) is 14.6 Å². The monoisotopic (exact) mass is 513 g/mol. The normalized spacial score (nSPS) is 17.5. The number of H-pyrrole nitrogens is 1. The molecule has 1 fully saturated rings. The van der Waals surface area contributed by atoms with Crippen LogP contribution in [0.3, 0.4) is 0 Å². The summed E-state index contributed by atoms with van der Waals surface area (Å²) in [5.74, 6) is -1.73. The zero-order valence-corrected chi connectivity index (χ0v) is 20.7. The molecule has 1 aliphatic rings. The number of amides is 2. The van der Waals surface area contributed by atoms with Crippen LogP contribution in [0.25, 0.3) is 10.9 Å². The van der Waals surface area contributed by atoms with Gasteiger partial charge in [-0.2, -0.15) is 4.31 Å². The lowest BCUT2D eigenvalue weighted by atomic mass is 10.0. The summed E-state index contributed by atoms with van der Waals surface area (Å²) < 4.78 is 30.9. The number of benzene rings is 1. The van der Waals surface area contributed by atoms with Crippen molar-refractivity contribution in [2.45, 2.75) is 18.5 Å². The molecule has 2 atom stereocenters. The standard InChI is InChI=1S/C24H27N5O6S/c1-35-24(32)20(12-17-14-26-19-8-4-3-7-18(17)19)27-22(30)21-15-28(10-11-29(21)36(2,33)34)23(31)16-6-5-9-25-13-16/h3-9,13-14,20-21,26H,10-12,15H2,1-2H3,(H,27,30)/t20-,21-/m1/s1. The number of carbonyl (C=O) groups is 3. The smallest absolute Gasteiger partial charge is 0.328 e.